The van der Waals surface area contributed by atoms with Crippen LogP contribution in [0.25, 0.3) is 0 Å². The average Bonchev–Trinajstić information content (AvgIpc) is 2.36. The Morgan fingerprint density at radius 3 is 2.89 bits per heavy atom. The highest BCUT2D eigenvalue weighted by molar-refractivity contribution is 7.89. The topological polar surface area (TPSA) is 55.4 Å². The summed E-state index contributed by atoms with van der Waals surface area (Å²) in [4.78, 5) is 0.112. The summed E-state index contributed by atoms with van der Waals surface area (Å²) >= 11 is 5.83. The molecule has 0 aliphatic carbocycles. The summed E-state index contributed by atoms with van der Waals surface area (Å²) in [6.07, 6.45) is 0.737. The maximum atomic E-state index is 12.2. The third-order valence-corrected chi connectivity index (χ3v) is 4.49. The molecule has 1 aromatic rings. The third-order valence-electron chi connectivity index (χ3n) is 2.71. The van der Waals surface area contributed by atoms with E-state index in [9.17, 15) is 8.42 Å². The first-order valence-corrected chi connectivity index (χ1v) is 7.69. The Morgan fingerprint density at radius 1 is 1.50 bits per heavy atom. The predicted octanol–water partition coefficient (Wildman–Crippen LogP) is 2.43. The summed E-state index contributed by atoms with van der Waals surface area (Å²) in [6.45, 7) is 4.43. The highest BCUT2D eigenvalue weighted by Gasteiger charge is 2.28. The Morgan fingerprint density at radius 2 is 2.22 bits per heavy atom. The van der Waals surface area contributed by atoms with Crippen LogP contribution >= 0.6 is 11.6 Å². The first-order chi connectivity index (χ1) is 8.38. The van der Waals surface area contributed by atoms with Crippen LogP contribution in [0.5, 0.6) is 5.75 Å². The van der Waals surface area contributed by atoms with Gasteiger partial charge in [-0.1, -0.05) is 25.4 Å². The fourth-order valence-corrected chi connectivity index (χ4v) is 3.64. The SMILES string of the molecule is CC(C)C[C@H]1COc2ccc(Cl)cc2S(=O)(=O)N1. The molecule has 18 heavy (non-hydrogen) atoms. The standard InChI is InChI=1S/C12H16ClNO3S/c1-8(2)5-10-7-17-11-4-3-9(13)6-12(11)18(15,16)14-10/h3-4,6,8,10,14H,5,7H2,1-2H3/t10-/m0/s1. The van der Waals surface area contributed by atoms with Crippen molar-refractivity contribution < 1.29 is 13.2 Å². The molecule has 1 N–H and O–H groups in total. The maximum absolute atomic E-state index is 12.2. The molecule has 4 nitrogen and oxygen atoms in total. The van der Waals surface area contributed by atoms with Crippen molar-refractivity contribution in [2.45, 2.75) is 31.2 Å². The van der Waals surface area contributed by atoms with Crippen molar-refractivity contribution in [1.82, 2.24) is 4.72 Å². The van der Waals surface area contributed by atoms with E-state index >= 15 is 0 Å². The van der Waals surface area contributed by atoms with Gasteiger partial charge in [-0.15, -0.1) is 0 Å². The fourth-order valence-electron chi connectivity index (χ4n) is 2.00. The number of sulfonamides is 1. The number of ether oxygens (including phenoxy) is 1. The first kappa shape index (κ1) is 13.6. The van der Waals surface area contributed by atoms with Gasteiger partial charge in [0, 0.05) is 5.02 Å². The Bertz CT molecular complexity index is 542. The molecule has 0 aromatic heterocycles. The Labute approximate surface area is 112 Å². The van der Waals surface area contributed by atoms with Crippen LogP contribution in [0.4, 0.5) is 0 Å². The smallest absolute Gasteiger partial charge is 0.244 e. The molecular formula is C12H16ClNO3S. The lowest BCUT2D eigenvalue weighted by molar-refractivity contribution is 0.262. The molecular weight excluding hydrogens is 274 g/mol. The van der Waals surface area contributed by atoms with Gasteiger partial charge in [0.2, 0.25) is 10.0 Å². The molecule has 100 valence electrons. The van der Waals surface area contributed by atoms with Crippen molar-refractivity contribution in [3.8, 4) is 5.75 Å². The van der Waals surface area contributed by atoms with Crippen molar-refractivity contribution in [1.29, 1.82) is 0 Å². The normalized spacial score (nSPS) is 22.1. The second-order valence-corrected chi connectivity index (χ2v) is 6.97. The monoisotopic (exact) mass is 289 g/mol. The minimum atomic E-state index is -3.56. The van der Waals surface area contributed by atoms with E-state index in [4.69, 9.17) is 16.3 Å². The lowest BCUT2D eigenvalue weighted by Gasteiger charge is -2.16. The third kappa shape index (κ3) is 2.96. The Hall–Kier alpha value is -0.780. The minimum absolute atomic E-state index is 0.112. The van der Waals surface area contributed by atoms with Crippen molar-refractivity contribution in [2.75, 3.05) is 6.61 Å². The zero-order valence-corrected chi connectivity index (χ0v) is 11.9. The summed E-state index contributed by atoms with van der Waals surface area (Å²) in [7, 11) is -3.56. The van der Waals surface area contributed by atoms with Crippen LogP contribution < -0.4 is 9.46 Å². The van der Waals surface area contributed by atoms with E-state index < -0.39 is 10.0 Å². The van der Waals surface area contributed by atoms with Crippen LogP contribution in [0.2, 0.25) is 5.02 Å². The van der Waals surface area contributed by atoms with Gasteiger partial charge in [0.1, 0.15) is 17.3 Å². The first-order valence-electron chi connectivity index (χ1n) is 5.83. The minimum Gasteiger partial charge on any atom is -0.491 e. The number of rotatable bonds is 2. The number of nitrogens with one attached hydrogen (secondary N) is 1. The van der Waals surface area contributed by atoms with Crippen LogP contribution in [0.3, 0.4) is 0 Å². The molecule has 0 radical (unpaired) electrons. The molecule has 0 fully saturated rings. The zero-order chi connectivity index (χ0) is 13.3. The maximum Gasteiger partial charge on any atom is 0.244 e. The summed E-state index contributed by atoms with van der Waals surface area (Å²) in [5, 5.41) is 0.380. The molecule has 1 heterocycles. The van der Waals surface area contributed by atoms with Gasteiger partial charge in [0.05, 0.1) is 6.04 Å². The van der Waals surface area contributed by atoms with E-state index in [1.54, 1.807) is 12.1 Å². The summed E-state index contributed by atoms with van der Waals surface area (Å²) in [5.41, 5.74) is 0. The number of hydrogen-bond donors (Lipinski definition) is 1. The Balaban J connectivity index is 2.35. The largest absolute Gasteiger partial charge is 0.491 e. The summed E-state index contributed by atoms with van der Waals surface area (Å²) < 4.78 is 32.6. The van der Waals surface area contributed by atoms with E-state index in [0.717, 1.165) is 6.42 Å². The van der Waals surface area contributed by atoms with Crippen molar-refractivity contribution in [3.63, 3.8) is 0 Å². The molecule has 0 spiro atoms. The summed E-state index contributed by atoms with van der Waals surface area (Å²) in [5.74, 6) is 0.754. The molecule has 6 heteroatoms. The van der Waals surface area contributed by atoms with Crippen LogP contribution in [-0.4, -0.2) is 21.1 Å². The van der Waals surface area contributed by atoms with Crippen LogP contribution in [0.1, 0.15) is 20.3 Å². The zero-order valence-electron chi connectivity index (χ0n) is 10.3. The van der Waals surface area contributed by atoms with E-state index in [2.05, 4.69) is 4.72 Å². The number of benzene rings is 1. The lowest BCUT2D eigenvalue weighted by Crippen LogP contribution is -2.37. The molecule has 0 saturated heterocycles. The molecule has 2 rings (SSSR count). The lowest BCUT2D eigenvalue weighted by atomic mass is 10.1. The van der Waals surface area contributed by atoms with Gasteiger partial charge in [-0.2, -0.15) is 0 Å². The van der Waals surface area contributed by atoms with Crippen LogP contribution in [0.15, 0.2) is 23.1 Å². The van der Waals surface area contributed by atoms with Gasteiger partial charge >= 0.3 is 0 Å². The van der Waals surface area contributed by atoms with Gasteiger partial charge in [0.25, 0.3) is 0 Å². The molecule has 0 bridgehead atoms. The molecule has 1 aromatic carbocycles. The van der Waals surface area contributed by atoms with E-state index in [-0.39, 0.29) is 10.9 Å². The highest BCUT2D eigenvalue weighted by Crippen LogP contribution is 2.29. The van der Waals surface area contributed by atoms with Gasteiger partial charge in [-0.3, -0.25) is 0 Å². The molecule has 0 saturated carbocycles. The average molecular weight is 290 g/mol. The second-order valence-electron chi connectivity index (χ2n) is 4.85. The number of hydrogen-bond acceptors (Lipinski definition) is 3. The fraction of sp³-hybridized carbons (Fsp3) is 0.500. The van der Waals surface area contributed by atoms with Gasteiger partial charge in [-0.05, 0) is 30.5 Å². The second kappa shape index (κ2) is 5.07. The molecule has 1 aliphatic rings. The Kier molecular flexibility index (Phi) is 3.84. The molecule has 0 unspecified atom stereocenters. The van der Waals surface area contributed by atoms with Gasteiger partial charge in [0.15, 0.2) is 0 Å². The van der Waals surface area contributed by atoms with Crippen molar-refractivity contribution >= 4 is 21.6 Å². The van der Waals surface area contributed by atoms with E-state index in [1.165, 1.54) is 6.07 Å². The highest BCUT2D eigenvalue weighted by atomic mass is 35.5. The van der Waals surface area contributed by atoms with Crippen molar-refractivity contribution in [2.24, 2.45) is 5.92 Å². The van der Waals surface area contributed by atoms with E-state index in [1.807, 2.05) is 13.8 Å². The quantitative estimate of drug-likeness (QED) is 0.910. The van der Waals surface area contributed by atoms with Crippen molar-refractivity contribution in [3.05, 3.63) is 23.2 Å². The van der Waals surface area contributed by atoms with Crippen LogP contribution in [-0.2, 0) is 10.0 Å². The summed E-state index contributed by atoms with van der Waals surface area (Å²) in [6, 6.07) is 4.42. The number of fused-ring (bicyclic) bond motifs is 1. The van der Waals surface area contributed by atoms with Gasteiger partial charge in [-0.25, -0.2) is 13.1 Å². The predicted molar refractivity (Wildman–Crippen MR) is 70.5 cm³/mol. The van der Waals surface area contributed by atoms with Crippen LogP contribution in [0, 0.1) is 5.92 Å². The molecule has 1 aliphatic heterocycles. The number of halogens is 1. The van der Waals surface area contributed by atoms with E-state index in [0.29, 0.717) is 23.3 Å². The molecule has 1 atom stereocenters. The molecule has 0 amide bonds. The van der Waals surface area contributed by atoms with Gasteiger partial charge < -0.3 is 4.74 Å².